The van der Waals surface area contributed by atoms with Crippen LogP contribution in [-0.2, 0) is 14.3 Å². The van der Waals surface area contributed by atoms with Crippen LogP contribution < -0.4 is 9.64 Å². The highest BCUT2D eigenvalue weighted by molar-refractivity contribution is 5.99. The number of ether oxygens (including phenoxy) is 2. The van der Waals surface area contributed by atoms with Crippen molar-refractivity contribution in [3.05, 3.63) is 24.3 Å². The molecule has 1 aromatic rings. The van der Waals surface area contributed by atoms with Gasteiger partial charge >= 0.3 is 5.97 Å². The molecule has 1 aromatic carbocycles. The molecule has 1 fully saturated rings. The van der Waals surface area contributed by atoms with Crippen LogP contribution >= 0.6 is 0 Å². The van der Waals surface area contributed by atoms with E-state index < -0.39 is 0 Å². The van der Waals surface area contributed by atoms with Crippen molar-refractivity contribution in [1.82, 2.24) is 0 Å². The number of nitrogens with zero attached hydrogens (tertiary/aromatic N) is 1. The van der Waals surface area contributed by atoms with E-state index in [2.05, 4.69) is 0 Å². The fourth-order valence-electron chi connectivity index (χ4n) is 2.32. The monoisotopic (exact) mass is 291 g/mol. The van der Waals surface area contributed by atoms with Crippen LogP contribution in [0.2, 0.25) is 0 Å². The zero-order chi connectivity index (χ0) is 15.2. The first-order valence-corrected chi connectivity index (χ1v) is 7.35. The van der Waals surface area contributed by atoms with Crippen LogP contribution in [0, 0.1) is 5.92 Å². The maximum atomic E-state index is 12.0. The zero-order valence-electron chi connectivity index (χ0n) is 12.5. The Morgan fingerprint density at radius 3 is 2.62 bits per heavy atom. The lowest BCUT2D eigenvalue weighted by molar-refractivity contribution is -0.147. The SMILES string of the molecule is CCCOc1ccc(N2C[C@@H](C(=O)OCC)CC2=O)cc1. The maximum Gasteiger partial charge on any atom is 0.311 e. The van der Waals surface area contributed by atoms with Gasteiger partial charge in [-0.05, 0) is 37.6 Å². The van der Waals surface area contributed by atoms with Crippen molar-refractivity contribution in [2.75, 3.05) is 24.7 Å². The van der Waals surface area contributed by atoms with E-state index in [0.29, 0.717) is 19.8 Å². The molecule has 0 bridgehead atoms. The third kappa shape index (κ3) is 3.74. The molecule has 1 heterocycles. The number of anilines is 1. The van der Waals surface area contributed by atoms with Gasteiger partial charge in [-0.25, -0.2) is 0 Å². The van der Waals surface area contributed by atoms with Crippen LogP contribution in [0.25, 0.3) is 0 Å². The molecule has 0 aromatic heterocycles. The lowest BCUT2D eigenvalue weighted by Crippen LogP contribution is -2.26. The van der Waals surface area contributed by atoms with E-state index >= 15 is 0 Å². The maximum absolute atomic E-state index is 12.0. The van der Waals surface area contributed by atoms with Crippen LogP contribution in [0.4, 0.5) is 5.69 Å². The summed E-state index contributed by atoms with van der Waals surface area (Å²) in [5.41, 5.74) is 0.788. The average molecular weight is 291 g/mol. The van der Waals surface area contributed by atoms with Gasteiger partial charge in [0.2, 0.25) is 5.91 Å². The van der Waals surface area contributed by atoms with Gasteiger partial charge in [0.25, 0.3) is 0 Å². The van der Waals surface area contributed by atoms with Crippen molar-refractivity contribution in [2.24, 2.45) is 5.92 Å². The molecule has 1 amide bonds. The first kappa shape index (κ1) is 15.4. The summed E-state index contributed by atoms with van der Waals surface area (Å²) in [5.74, 6) is 0.0779. The molecule has 0 aliphatic carbocycles. The van der Waals surface area contributed by atoms with Gasteiger partial charge in [0, 0.05) is 18.7 Å². The van der Waals surface area contributed by atoms with Gasteiger partial charge in [-0.3, -0.25) is 9.59 Å². The van der Waals surface area contributed by atoms with E-state index in [9.17, 15) is 9.59 Å². The Morgan fingerprint density at radius 1 is 1.29 bits per heavy atom. The van der Waals surface area contributed by atoms with Crippen LogP contribution in [0.3, 0.4) is 0 Å². The van der Waals surface area contributed by atoms with Crippen LogP contribution in [0.15, 0.2) is 24.3 Å². The highest BCUT2D eigenvalue weighted by Crippen LogP contribution is 2.27. The normalized spacial score (nSPS) is 17.9. The summed E-state index contributed by atoms with van der Waals surface area (Å²) < 4.78 is 10.5. The first-order chi connectivity index (χ1) is 10.2. The molecule has 1 saturated heterocycles. The van der Waals surface area contributed by atoms with Crippen molar-refractivity contribution in [1.29, 1.82) is 0 Å². The van der Waals surface area contributed by atoms with Crippen LogP contribution in [0.1, 0.15) is 26.7 Å². The van der Waals surface area contributed by atoms with Crippen molar-refractivity contribution < 1.29 is 19.1 Å². The standard InChI is InChI=1S/C16H21NO4/c1-3-9-21-14-7-5-13(6-8-14)17-11-12(10-15(17)18)16(19)20-4-2/h5-8,12H,3-4,9-11H2,1-2H3/t12-/m0/s1. The van der Waals surface area contributed by atoms with Crippen molar-refractivity contribution in [3.63, 3.8) is 0 Å². The van der Waals surface area contributed by atoms with Crippen molar-refractivity contribution >= 4 is 17.6 Å². The Kier molecular flexibility index (Phi) is 5.20. The zero-order valence-corrected chi connectivity index (χ0v) is 12.5. The summed E-state index contributed by atoms with van der Waals surface area (Å²) in [7, 11) is 0. The minimum absolute atomic E-state index is 0.0460. The van der Waals surface area contributed by atoms with Gasteiger partial charge < -0.3 is 14.4 Å². The van der Waals surface area contributed by atoms with E-state index in [1.165, 1.54) is 0 Å². The fourth-order valence-corrected chi connectivity index (χ4v) is 2.32. The number of esters is 1. The minimum Gasteiger partial charge on any atom is -0.494 e. The largest absolute Gasteiger partial charge is 0.494 e. The fraction of sp³-hybridized carbons (Fsp3) is 0.500. The van der Waals surface area contributed by atoms with Crippen LogP contribution in [-0.4, -0.2) is 31.6 Å². The molecule has 5 nitrogen and oxygen atoms in total. The second-order valence-corrected chi connectivity index (χ2v) is 5.00. The van der Waals surface area contributed by atoms with E-state index in [1.54, 1.807) is 11.8 Å². The van der Waals surface area contributed by atoms with Gasteiger partial charge in [-0.15, -0.1) is 0 Å². The second kappa shape index (κ2) is 7.11. The van der Waals surface area contributed by atoms with Gasteiger partial charge in [-0.2, -0.15) is 0 Å². The third-order valence-corrected chi connectivity index (χ3v) is 3.37. The molecule has 0 N–H and O–H groups in total. The van der Waals surface area contributed by atoms with E-state index in [0.717, 1.165) is 17.9 Å². The number of hydrogen-bond donors (Lipinski definition) is 0. The third-order valence-electron chi connectivity index (χ3n) is 3.37. The Hall–Kier alpha value is -2.04. The Labute approximate surface area is 124 Å². The summed E-state index contributed by atoms with van der Waals surface area (Å²) in [6.07, 6.45) is 1.17. The Bertz CT molecular complexity index is 498. The van der Waals surface area contributed by atoms with Gasteiger partial charge in [0.15, 0.2) is 0 Å². The van der Waals surface area contributed by atoms with Crippen LogP contribution in [0.5, 0.6) is 5.75 Å². The summed E-state index contributed by atoms with van der Waals surface area (Å²) >= 11 is 0. The van der Waals surface area contributed by atoms with Gasteiger partial charge in [0.1, 0.15) is 5.75 Å². The van der Waals surface area contributed by atoms with Crippen molar-refractivity contribution in [2.45, 2.75) is 26.7 Å². The molecule has 0 spiro atoms. The number of carbonyl (C=O) groups is 2. The van der Waals surface area contributed by atoms with Crippen molar-refractivity contribution in [3.8, 4) is 5.75 Å². The molecule has 1 atom stereocenters. The highest BCUT2D eigenvalue weighted by atomic mass is 16.5. The number of amides is 1. The smallest absolute Gasteiger partial charge is 0.311 e. The predicted molar refractivity (Wildman–Crippen MR) is 79.3 cm³/mol. The molecule has 0 saturated carbocycles. The Balaban J connectivity index is 2.01. The summed E-state index contributed by atoms with van der Waals surface area (Å²) in [4.78, 5) is 25.4. The Morgan fingerprint density at radius 2 is 2.00 bits per heavy atom. The number of rotatable bonds is 6. The molecule has 0 radical (unpaired) electrons. The summed E-state index contributed by atoms with van der Waals surface area (Å²) in [6.45, 7) is 5.21. The average Bonchev–Trinajstić information content (AvgIpc) is 2.88. The molecule has 5 heteroatoms. The predicted octanol–water partition coefficient (Wildman–Crippen LogP) is 2.39. The molecule has 2 rings (SSSR count). The summed E-state index contributed by atoms with van der Waals surface area (Å²) in [5, 5.41) is 0. The quantitative estimate of drug-likeness (QED) is 0.755. The van der Waals surface area contributed by atoms with Gasteiger partial charge in [-0.1, -0.05) is 6.92 Å². The molecular formula is C16H21NO4. The summed E-state index contributed by atoms with van der Waals surface area (Å²) in [6, 6.07) is 7.37. The lowest BCUT2D eigenvalue weighted by Gasteiger charge is -2.17. The van der Waals surface area contributed by atoms with E-state index in [-0.39, 0.29) is 24.2 Å². The minimum atomic E-state index is -0.367. The lowest BCUT2D eigenvalue weighted by atomic mass is 10.1. The van der Waals surface area contributed by atoms with E-state index in [1.807, 2.05) is 31.2 Å². The number of benzene rings is 1. The molecule has 21 heavy (non-hydrogen) atoms. The topological polar surface area (TPSA) is 55.8 Å². The molecule has 114 valence electrons. The molecule has 1 aliphatic heterocycles. The molecule has 0 unspecified atom stereocenters. The molecule has 1 aliphatic rings. The second-order valence-electron chi connectivity index (χ2n) is 5.00. The molecular weight excluding hydrogens is 270 g/mol. The van der Waals surface area contributed by atoms with E-state index in [4.69, 9.17) is 9.47 Å². The number of hydrogen-bond acceptors (Lipinski definition) is 4. The number of carbonyl (C=O) groups excluding carboxylic acids is 2. The highest BCUT2D eigenvalue weighted by Gasteiger charge is 2.35. The van der Waals surface area contributed by atoms with Gasteiger partial charge in [0.05, 0.1) is 19.1 Å². The first-order valence-electron chi connectivity index (χ1n) is 7.35.